The lowest BCUT2D eigenvalue weighted by atomic mass is 10.0. The molecule has 0 spiro atoms. The molecule has 1 unspecified atom stereocenters. The minimum Gasteiger partial charge on any atom is -0.390 e. The van der Waals surface area contributed by atoms with E-state index in [1.165, 1.54) is 12.0 Å². The molecular weight excluding hydrogens is 194 g/mol. The molecule has 0 bridgehead atoms. The maximum Gasteiger partial charge on any atom is 0.0245 e. The maximum absolute atomic E-state index is 3.19. The second kappa shape index (κ2) is 10.3. The van der Waals surface area contributed by atoms with Crippen molar-refractivity contribution >= 4 is 0 Å². The van der Waals surface area contributed by atoms with Crippen LogP contribution in [0.5, 0.6) is 0 Å². The highest BCUT2D eigenvalue weighted by molar-refractivity contribution is 5.26. The summed E-state index contributed by atoms with van der Waals surface area (Å²) in [6, 6.07) is 10.6. The van der Waals surface area contributed by atoms with Crippen LogP contribution in [0.1, 0.15) is 45.6 Å². The van der Waals surface area contributed by atoms with E-state index in [-0.39, 0.29) is 0 Å². The summed E-state index contributed by atoms with van der Waals surface area (Å²) in [5, 5.41) is 3.19. The molecule has 1 aliphatic heterocycles. The highest BCUT2D eigenvalue weighted by Gasteiger charge is 2.09. The van der Waals surface area contributed by atoms with E-state index in [4.69, 9.17) is 0 Å². The molecule has 1 nitrogen and oxygen atoms in total. The summed E-state index contributed by atoms with van der Waals surface area (Å²) < 4.78 is 0. The highest BCUT2D eigenvalue weighted by atomic mass is 14.9. The number of hydrogen-bond donors (Lipinski definition) is 1. The van der Waals surface area contributed by atoms with Crippen LogP contribution < -0.4 is 5.32 Å². The summed E-state index contributed by atoms with van der Waals surface area (Å²) in [6.07, 6.45) is 5.48. The zero-order chi connectivity index (χ0) is 12.2. The van der Waals surface area contributed by atoms with Crippen LogP contribution in [0.3, 0.4) is 0 Å². The first kappa shape index (κ1) is 14.8. The van der Waals surface area contributed by atoms with Gasteiger partial charge in [0.05, 0.1) is 0 Å². The van der Waals surface area contributed by atoms with Crippen LogP contribution in [0.25, 0.3) is 0 Å². The lowest BCUT2D eigenvalue weighted by molar-refractivity contribution is 0.814. The number of hydrogen-bond acceptors (Lipinski definition) is 1. The first-order valence-corrected chi connectivity index (χ1v) is 6.33. The third-order valence-corrected chi connectivity index (χ3v) is 2.01. The monoisotopic (exact) mass is 219 g/mol. The van der Waals surface area contributed by atoms with Gasteiger partial charge in [0.15, 0.2) is 0 Å². The fourth-order valence-electron chi connectivity index (χ4n) is 1.38. The Labute approximate surface area is 101 Å². The van der Waals surface area contributed by atoms with E-state index in [0.717, 1.165) is 6.54 Å². The maximum atomic E-state index is 3.19. The Balaban J connectivity index is 0.000000394. The molecule has 1 aromatic rings. The van der Waals surface area contributed by atoms with Crippen molar-refractivity contribution in [2.75, 3.05) is 6.54 Å². The second-order valence-corrected chi connectivity index (χ2v) is 3.49. The normalized spacial score (nSPS) is 16.4. The lowest BCUT2D eigenvalue weighted by Crippen LogP contribution is -2.06. The molecular formula is C15H25N. The largest absolute Gasteiger partial charge is 0.390 e. The highest BCUT2D eigenvalue weighted by Crippen LogP contribution is 2.18. The topological polar surface area (TPSA) is 12.0 Å². The van der Waals surface area contributed by atoms with Gasteiger partial charge in [-0.3, -0.25) is 0 Å². The van der Waals surface area contributed by atoms with Crippen LogP contribution in [0, 0.1) is 0 Å². The van der Waals surface area contributed by atoms with E-state index in [9.17, 15) is 0 Å². The number of rotatable bonds is 1. The van der Waals surface area contributed by atoms with Crippen LogP contribution >= 0.6 is 0 Å². The fraction of sp³-hybridized carbons (Fsp3) is 0.467. The van der Waals surface area contributed by atoms with E-state index >= 15 is 0 Å². The van der Waals surface area contributed by atoms with Gasteiger partial charge in [-0.15, -0.1) is 0 Å². The van der Waals surface area contributed by atoms with Crippen LogP contribution in [0.4, 0.5) is 0 Å². The van der Waals surface area contributed by atoms with Crippen molar-refractivity contribution < 1.29 is 0 Å². The third kappa shape index (κ3) is 5.59. The van der Waals surface area contributed by atoms with E-state index < -0.39 is 0 Å². The third-order valence-electron chi connectivity index (χ3n) is 2.01. The molecule has 1 heterocycles. The molecule has 1 atom stereocenters. The van der Waals surface area contributed by atoms with E-state index in [0.29, 0.717) is 5.92 Å². The summed E-state index contributed by atoms with van der Waals surface area (Å²) in [6.45, 7) is 9.30. The van der Waals surface area contributed by atoms with Crippen molar-refractivity contribution in [2.45, 2.75) is 40.0 Å². The molecule has 0 fully saturated rings. The fourth-order valence-corrected chi connectivity index (χ4v) is 1.38. The lowest BCUT2D eigenvalue weighted by Gasteiger charge is -2.05. The Morgan fingerprint density at radius 1 is 1.12 bits per heavy atom. The van der Waals surface area contributed by atoms with Gasteiger partial charge in [-0.2, -0.15) is 0 Å². The average Bonchev–Trinajstić information content (AvgIpc) is 2.87. The Bertz CT molecular complexity index is 264. The minimum absolute atomic E-state index is 0.580. The zero-order valence-electron chi connectivity index (χ0n) is 11.0. The van der Waals surface area contributed by atoms with Gasteiger partial charge in [0.25, 0.3) is 0 Å². The standard InChI is InChI=1S/C10H11N.C3H8.C2H6/c1-2-4-9(5-3-1)10-6-7-11-8-10;1-3-2;1-2/h1-7,10-11H,8H2;3H2,1-2H3;1-2H3. The Morgan fingerprint density at radius 2 is 1.69 bits per heavy atom. The van der Waals surface area contributed by atoms with Crippen LogP contribution in [0.2, 0.25) is 0 Å². The molecule has 1 heteroatoms. The molecule has 1 aliphatic rings. The summed E-state index contributed by atoms with van der Waals surface area (Å²) in [5.74, 6) is 0.580. The summed E-state index contributed by atoms with van der Waals surface area (Å²) in [7, 11) is 0. The molecule has 1 N–H and O–H groups in total. The Hall–Kier alpha value is -1.24. The molecule has 0 saturated heterocycles. The van der Waals surface area contributed by atoms with Crippen molar-refractivity contribution in [3.8, 4) is 0 Å². The van der Waals surface area contributed by atoms with Crippen molar-refractivity contribution in [3.63, 3.8) is 0 Å². The van der Waals surface area contributed by atoms with Gasteiger partial charge in [0.2, 0.25) is 0 Å². The molecule has 90 valence electrons. The van der Waals surface area contributed by atoms with Crippen LogP contribution in [0.15, 0.2) is 42.6 Å². The van der Waals surface area contributed by atoms with Crippen molar-refractivity contribution in [2.24, 2.45) is 0 Å². The summed E-state index contributed by atoms with van der Waals surface area (Å²) in [4.78, 5) is 0. The van der Waals surface area contributed by atoms with Gasteiger partial charge in [-0.1, -0.05) is 70.5 Å². The van der Waals surface area contributed by atoms with Crippen molar-refractivity contribution in [3.05, 3.63) is 48.2 Å². The quantitative estimate of drug-likeness (QED) is 0.741. The minimum atomic E-state index is 0.580. The average molecular weight is 219 g/mol. The van der Waals surface area contributed by atoms with Gasteiger partial charge >= 0.3 is 0 Å². The Morgan fingerprint density at radius 3 is 2.12 bits per heavy atom. The van der Waals surface area contributed by atoms with Gasteiger partial charge in [0.1, 0.15) is 0 Å². The summed E-state index contributed by atoms with van der Waals surface area (Å²) in [5.41, 5.74) is 1.40. The van der Waals surface area contributed by atoms with Crippen molar-refractivity contribution in [1.82, 2.24) is 5.32 Å². The molecule has 1 aromatic carbocycles. The first-order chi connectivity index (χ1) is 7.88. The molecule has 16 heavy (non-hydrogen) atoms. The number of benzene rings is 1. The van der Waals surface area contributed by atoms with E-state index in [1.54, 1.807) is 0 Å². The van der Waals surface area contributed by atoms with E-state index in [1.807, 2.05) is 20.0 Å². The summed E-state index contributed by atoms with van der Waals surface area (Å²) >= 11 is 0. The SMILES string of the molecule is C1=CC(c2ccccc2)CN1.CC.CCC. The predicted molar refractivity (Wildman–Crippen MR) is 73.6 cm³/mol. The molecule has 2 rings (SSSR count). The first-order valence-electron chi connectivity index (χ1n) is 6.33. The smallest absolute Gasteiger partial charge is 0.0245 e. The van der Waals surface area contributed by atoms with Crippen molar-refractivity contribution in [1.29, 1.82) is 0 Å². The number of nitrogens with one attached hydrogen (secondary N) is 1. The zero-order valence-corrected chi connectivity index (χ0v) is 11.0. The van der Waals surface area contributed by atoms with Gasteiger partial charge in [0, 0.05) is 12.5 Å². The molecule has 0 aromatic heterocycles. The Kier molecular flexibility index (Phi) is 9.49. The molecule has 0 amide bonds. The van der Waals surface area contributed by atoms with E-state index in [2.05, 4.69) is 55.6 Å². The molecule has 0 aliphatic carbocycles. The molecule has 0 saturated carbocycles. The van der Waals surface area contributed by atoms with Gasteiger partial charge in [-0.05, 0) is 11.8 Å². The van der Waals surface area contributed by atoms with Gasteiger partial charge in [-0.25, -0.2) is 0 Å². The molecule has 0 radical (unpaired) electrons. The van der Waals surface area contributed by atoms with Crippen LogP contribution in [-0.2, 0) is 0 Å². The predicted octanol–water partition coefficient (Wildman–Crippen LogP) is 4.33. The van der Waals surface area contributed by atoms with Gasteiger partial charge < -0.3 is 5.32 Å². The second-order valence-electron chi connectivity index (χ2n) is 3.49. The van der Waals surface area contributed by atoms with Crippen LogP contribution in [-0.4, -0.2) is 6.54 Å².